The van der Waals surface area contributed by atoms with E-state index in [0.717, 1.165) is 11.3 Å². The fourth-order valence-corrected chi connectivity index (χ4v) is 2.33. The zero-order valence-corrected chi connectivity index (χ0v) is 14.0. The summed E-state index contributed by atoms with van der Waals surface area (Å²) in [4.78, 5) is 25.2. The Morgan fingerprint density at radius 1 is 1.08 bits per heavy atom. The molecule has 24 heavy (non-hydrogen) atoms. The maximum absolute atomic E-state index is 12.4. The van der Waals surface area contributed by atoms with E-state index in [1.165, 1.54) is 6.07 Å². The lowest BCUT2D eigenvalue weighted by Gasteiger charge is -2.18. The maximum Gasteiger partial charge on any atom is 0.253 e. The number of ether oxygens (including phenoxy) is 1. The number of benzene rings is 2. The number of amides is 2. The normalized spacial score (nSPS) is 10.2. The van der Waals surface area contributed by atoms with Crippen molar-refractivity contribution in [3.05, 3.63) is 65.2 Å². The van der Waals surface area contributed by atoms with E-state index in [1.54, 1.807) is 30.1 Å². The molecule has 0 unspecified atom stereocenters. The third-order valence-corrected chi connectivity index (χ3v) is 3.73. The number of carbonyl (C=O) groups excluding carboxylic acids is 2. The van der Waals surface area contributed by atoms with Crippen LogP contribution in [0.5, 0.6) is 5.75 Å². The number of hydrogen-bond acceptors (Lipinski definition) is 3. The third-order valence-electron chi connectivity index (χ3n) is 3.73. The highest BCUT2D eigenvalue weighted by molar-refractivity contribution is 5.98. The van der Waals surface area contributed by atoms with E-state index in [1.807, 2.05) is 31.2 Å². The average Bonchev–Trinajstić information content (AvgIpc) is 2.59. The summed E-state index contributed by atoms with van der Waals surface area (Å²) in [7, 11) is 1.73. The molecule has 2 aromatic rings. The van der Waals surface area contributed by atoms with Gasteiger partial charge in [-0.15, -0.1) is 0 Å². The van der Waals surface area contributed by atoms with Crippen molar-refractivity contribution in [2.75, 3.05) is 20.2 Å². The van der Waals surface area contributed by atoms with Crippen molar-refractivity contribution in [2.24, 2.45) is 5.73 Å². The Labute approximate surface area is 142 Å². The Bertz CT molecular complexity index is 728. The molecule has 2 N–H and O–H groups in total. The van der Waals surface area contributed by atoms with Crippen molar-refractivity contribution in [1.29, 1.82) is 0 Å². The van der Waals surface area contributed by atoms with Crippen LogP contribution in [0.25, 0.3) is 0 Å². The Kier molecular flexibility index (Phi) is 5.95. The summed E-state index contributed by atoms with van der Waals surface area (Å²) < 4.78 is 5.72. The van der Waals surface area contributed by atoms with Gasteiger partial charge >= 0.3 is 0 Å². The molecule has 2 aromatic carbocycles. The Balaban J connectivity index is 1.85. The highest BCUT2D eigenvalue weighted by atomic mass is 16.5. The summed E-state index contributed by atoms with van der Waals surface area (Å²) in [6.07, 6.45) is 0.714. The van der Waals surface area contributed by atoms with E-state index in [4.69, 9.17) is 10.5 Å². The summed E-state index contributed by atoms with van der Waals surface area (Å²) in [5.41, 5.74) is 7.12. The molecular weight excluding hydrogens is 304 g/mol. The van der Waals surface area contributed by atoms with Crippen LogP contribution in [0.4, 0.5) is 0 Å². The van der Waals surface area contributed by atoms with Crippen LogP contribution in [0, 0.1) is 6.92 Å². The van der Waals surface area contributed by atoms with Gasteiger partial charge in [-0.05, 0) is 43.2 Å². The van der Waals surface area contributed by atoms with E-state index in [9.17, 15) is 9.59 Å². The van der Waals surface area contributed by atoms with Gasteiger partial charge in [0.15, 0.2) is 0 Å². The zero-order chi connectivity index (χ0) is 17.5. The van der Waals surface area contributed by atoms with Gasteiger partial charge in [-0.3, -0.25) is 9.59 Å². The largest absolute Gasteiger partial charge is 0.493 e. The van der Waals surface area contributed by atoms with Gasteiger partial charge in [-0.1, -0.05) is 24.3 Å². The lowest BCUT2D eigenvalue weighted by molar-refractivity contribution is 0.0788. The fourth-order valence-electron chi connectivity index (χ4n) is 2.33. The second-order valence-corrected chi connectivity index (χ2v) is 5.64. The Morgan fingerprint density at radius 2 is 1.79 bits per heavy atom. The number of nitrogens with zero attached hydrogens (tertiary/aromatic N) is 1. The van der Waals surface area contributed by atoms with E-state index >= 15 is 0 Å². The first-order valence-electron chi connectivity index (χ1n) is 7.83. The smallest absolute Gasteiger partial charge is 0.253 e. The standard InChI is InChI=1S/C19H22N2O3/c1-14-7-3-4-10-17(14)24-12-6-11-21(2)19(23)16-9-5-8-15(13-16)18(20)22/h3-5,7-10,13H,6,11-12H2,1-2H3,(H2,20,22). The molecule has 5 nitrogen and oxygen atoms in total. The first-order valence-corrected chi connectivity index (χ1v) is 7.83. The lowest BCUT2D eigenvalue weighted by Crippen LogP contribution is -2.29. The molecule has 0 aliphatic rings. The topological polar surface area (TPSA) is 72.6 Å². The molecule has 0 aliphatic heterocycles. The van der Waals surface area contributed by atoms with Crippen molar-refractivity contribution in [3.63, 3.8) is 0 Å². The maximum atomic E-state index is 12.4. The molecule has 126 valence electrons. The molecule has 0 aromatic heterocycles. The summed E-state index contributed by atoms with van der Waals surface area (Å²) in [6, 6.07) is 14.3. The van der Waals surface area contributed by atoms with Crippen LogP contribution in [0.15, 0.2) is 48.5 Å². The average molecular weight is 326 g/mol. The molecule has 0 aliphatic carbocycles. The summed E-state index contributed by atoms with van der Waals surface area (Å²) in [5, 5.41) is 0. The molecule has 0 heterocycles. The van der Waals surface area contributed by atoms with E-state index < -0.39 is 5.91 Å². The number of aryl methyl sites for hydroxylation is 1. The summed E-state index contributed by atoms with van der Waals surface area (Å²) in [6.45, 7) is 3.09. The molecule has 0 saturated carbocycles. The first-order chi connectivity index (χ1) is 11.5. The van der Waals surface area contributed by atoms with E-state index in [2.05, 4.69) is 0 Å². The highest BCUT2D eigenvalue weighted by Gasteiger charge is 2.13. The molecule has 0 spiro atoms. The quantitative estimate of drug-likeness (QED) is 0.795. The van der Waals surface area contributed by atoms with Gasteiger partial charge in [-0.2, -0.15) is 0 Å². The number of hydrogen-bond donors (Lipinski definition) is 1. The van der Waals surface area contributed by atoms with Gasteiger partial charge < -0.3 is 15.4 Å². The monoisotopic (exact) mass is 326 g/mol. The predicted molar refractivity (Wildman–Crippen MR) is 93.2 cm³/mol. The van der Waals surface area contributed by atoms with Gasteiger partial charge in [-0.25, -0.2) is 0 Å². The van der Waals surface area contributed by atoms with E-state index in [-0.39, 0.29) is 5.91 Å². The molecule has 0 radical (unpaired) electrons. The number of carbonyl (C=O) groups is 2. The minimum Gasteiger partial charge on any atom is -0.493 e. The number of nitrogens with two attached hydrogens (primary N) is 1. The van der Waals surface area contributed by atoms with Gasteiger partial charge in [0.2, 0.25) is 5.91 Å². The minimum atomic E-state index is -0.543. The van der Waals surface area contributed by atoms with Crippen LogP contribution in [-0.2, 0) is 0 Å². The number of primary amides is 1. The molecule has 0 bridgehead atoms. The van der Waals surface area contributed by atoms with E-state index in [0.29, 0.717) is 30.7 Å². The molecule has 2 amide bonds. The third kappa shape index (κ3) is 4.59. The second-order valence-electron chi connectivity index (χ2n) is 5.64. The van der Waals surface area contributed by atoms with Crippen molar-refractivity contribution in [1.82, 2.24) is 4.90 Å². The van der Waals surface area contributed by atoms with Crippen LogP contribution in [0.3, 0.4) is 0 Å². The lowest BCUT2D eigenvalue weighted by atomic mass is 10.1. The SMILES string of the molecule is Cc1ccccc1OCCCN(C)C(=O)c1cccc(C(N)=O)c1. The molecule has 2 rings (SSSR count). The minimum absolute atomic E-state index is 0.144. The Morgan fingerprint density at radius 3 is 2.50 bits per heavy atom. The van der Waals surface area contributed by atoms with Gasteiger partial charge in [0.05, 0.1) is 6.61 Å². The van der Waals surface area contributed by atoms with Crippen molar-refractivity contribution < 1.29 is 14.3 Å². The molecular formula is C19H22N2O3. The van der Waals surface area contributed by atoms with Crippen LogP contribution < -0.4 is 10.5 Å². The van der Waals surface area contributed by atoms with Crippen LogP contribution in [0.1, 0.15) is 32.7 Å². The highest BCUT2D eigenvalue weighted by Crippen LogP contribution is 2.16. The van der Waals surface area contributed by atoms with Gasteiger partial charge in [0.25, 0.3) is 5.91 Å². The van der Waals surface area contributed by atoms with Crippen LogP contribution in [-0.4, -0.2) is 36.9 Å². The molecule has 5 heteroatoms. The number of para-hydroxylation sites is 1. The van der Waals surface area contributed by atoms with Crippen LogP contribution in [0.2, 0.25) is 0 Å². The second kappa shape index (κ2) is 8.15. The van der Waals surface area contributed by atoms with Crippen LogP contribution >= 0.6 is 0 Å². The molecule has 0 fully saturated rings. The van der Waals surface area contributed by atoms with Crippen molar-refractivity contribution >= 4 is 11.8 Å². The van der Waals surface area contributed by atoms with Crippen molar-refractivity contribution in [3.8, 4) is 5.75 Å². The van der Waals surface area contributed by atoms with Gasteiger partial charge in [0, 0.05) is 24.7 Å². The fraction of sp³-hybridized carbons (Fsp3) is 0.263. The summed E-state index contributed by atoms with van der Waals surface area (Å²) in [5.74, 6) is 0.175. The first kappa shape index (κ1) is 17.5. The van der Waals surface area contributed by atoms with Gasteiger partial charge in [0.1, 0.15) is 5.75 Å². The predicted octanol–water partition coefficient (Wildman–Crippen LogP) is 2.64. The number of rotatable bonds is 7. The Hall–Kier alpha value is -2.82. The molecule has 0 saturated heterocycles. The molecule has 0 atom stereocenters. The van der Waals surface area contributed by atoms with Crippen molar-refractivity contribution in [2.45, 2.75) is 13.3 Å². The zero-order valence-electron chi connectivity index (χ0n) is 14.0. The summed E-state index contributed by atoms with van der Waals surface area (Å²) >= 11 is 0.